The largest absolute Gasteiger partial charge is 0.382 e. The molecule has 0 heterocycles. The molecule has 4 heteroatoms. The van der Waals surface area contributed by atoms with Gasteiger partial charge in [0.05, 0.1) is 12.5 Å². The van der Waals surface area contributed by atoms with Crippen LogP contribution in [0.2, 0.25) is 0 Å². The number of carbonyl (C=O) groups is 1. The zero-order chi connectivity index (χ0) is 10.8. The first kappa shape index (κ1) is 12.9. The van der Waals surface area contributed by atoms with E-state index in [1.807, 2.05) is 13.0 Å². The van der Waals surface area contributed by atoms with Crippen LogP contribution in [0, 0.1) is 11.3 Å². The number of amides is 1. The van der Waals surface area contributed by atoms with Gasteiger partial charge in [-0.2, -0.15) is 5.26 Å². The monoisotopic (exact) mass is 198 g/mol. The highest BCUT2D eigenvalue weighted by Crippen LogP contribution is 1.97. The van der Waals surface area contributed by atoms with E-state index < -0.39 is 0 Å². The highest BCUT2D eigenvalue weighted by atomic mass is 16.5. The lowest BCUT2D eigenvalue weighted by atomic mass is 10.3. The molecule has 4 nitrogen and oxygen atoms in total. The number of nitriles is 1. The summed E-state index contributed by atoms with van der Waals surface area (Å²) in [7, 11) is 1.72. The minimum absolute atomic E-state index is 0.0833. The molecular weight excluding hydrogens is 180 g/mol. The van der Waals surface area contributed by atoms with E-state index in [1.54, 1.807) is 11.9 Å². The van der Waals surface area contributed by atoms with Crippen LogP contribution in [0.25, 0.3) is 0 Å². The second-order valence-electron chi connectivity index (χ2n) is 3.02. The normalized spacial score (nSPS) is 9.50. The van der Waals surface area contributed by atoms with Gasteiger partial charge in [-0.25, -0.2) is 0 Å². The zero-order valence-electron chi connectivity index (χ0n) is 8.95. The summed E-state index contributed by atoms with van der Waals surface area (Å²) in [5, 5.41) is 8.33. The SMILES string of the molecule is CCOCCCC(=O)N(C)CCC#N. The molecule has 0 rings (SSSR count). The Hall–Kier alpha value is -1.08. The number of carbonyl (C=O) groups excluding carboxylic acids is 1. The molecule has 0 saturated heterocycles. The molecule has 0 fully saturated rings. The van der Waals surface area contributed by atoms with Crippen LogP contribution in [0.5, 0.6) is 0 Å². The van der Waals surface area contributed by atoms with Crippen molar-refractivity contribution in [3.8, 4) is 6.07 Å². The van der Waals surface area contributed by atoms with Gasteiger partial charge in [0, 0.05) is 33.2 Å². The average molecular weight is 198 g/mol. The first-order chi connectivity index (χ1) is 6.72. The van der Waals surface area contributed by atoms with E-state index in [-0.39, 0.29) is 5.91 Å². The van der Waals surface area contributed by atoms with Gasteiger partial charge in [0.25, 0.3) is 0 Å². The molecule has 0 spiro atoms. The average Bonchev–Trinajstić information content (AvgIpc) is 2.20. The highest BCUT2D eigenvalue weighted by molar-refractivity contribution is 5.75. The predicted molar refractivity (Wildman–Crippen MR) is 53.6 cm³/mol. The van der Waals surface area contributed by atoms with Crippen LogP contribution in [0.3, 0.4) is 0 Å². The Balaban J connectivity index is 3.48. The van der Waals surface area contributed by atoms with Crippen molar-refractivity contribution in [1.82, 2.24) is 4.90 Å². The Morgan fingerprint density at radius 3 is 2.86 bits per heavy atom. The zero-order valence-corrected chi connectivity index (χ0v) is 8.95. The third-order valence-electron chi connectivity index (χ3n) is 1.87. The third kappa shape index (κ3) is 6.44. The Morgan fingerprint density at radius 2 is 2.29 bits per heavy atom. The summed E-state index contributed by atoms with van der Waals surface area (Å²) < 4.78 is 5.12. The lowest BCUT2D eigenvalue weighted by molar-refractivity contribution is -0.130. The molecule has 0 radical (unpaired) electrons. The molecule has 1 amide bonds. The van der Waals surface area contributed by atoms with Crippen LogP contribution in [-0.2, 0) is 9.53 Å². The molecule has 0 aliphatic heterocycles. The fourth-order valence-electron chi connectivity index (χ4n) is 1.00. The molecular formula is C10H18N2O2. The smallest absolute Gasteiger partial charge is 0.222 e. The lowest BCUT2D eigenvalue weighted by Gasteiger charge is -2.14. The summed E-state index contributed by atoms with van der Waals surface area (Å²) in [6.45, 7) is 3.78. The van der Waals surface area contributed by atoms with E-state index in [2.05, 4.69) is 0 Å². The maximum Gasteiger partial charge on any atom is 0.222 e. The predicted octanol–water partition coefficient (Wildman–Crippen LogP) is 1.18. The van der Waals surface area contributed by atoms with Crippen molar-refractivity contribution in [3.05, 3.63) is 0 Å². The lowest BCUT2D eigenvalue weighted by Crippen LogP contribution is -2.27. The van der Waals surface area contributed by atoms with Gasteiger partial charge in [0.2, 0.25) is 5.91 Å². The van der Waals surface area contributed by atoms with E-state index in [0.29, 0.717) is 32.6 Å². The summed E-state index contributed by atoms with van der Waals surface area (Å²) in [5.74, 6) is 0.0833. The van der Waals surface area contributed by atoms with Crippen molar-refractivity contribution in [3.63, 3.8) is 0 Å². The summed E-state index contributed by atoms with van der Waals surface area (Å²) in [6, 6.07) is 2.01. The van der Waals surface area contributed by atoms with Crippen molar-refractivity contribution >= 4 is 5.91 Å². The minimum atomic E-state index is 0.0833. The van der Waals surface area contributed by atoms with Gasteiger partial charge in [0.1, 0.15) is 0 Å². The number of nitrogens with zero attached hydrogens (tertiary/aromatic N) is 2. The number of hydrogen-bond donors (Lipinski definition) is 0. The Kier molecular flexibility index (Phi) is 7.86. The van der Waals surface area contributed by atoms with Gasteiger partial charge in [0.15, 0.2) is 0 Å². The van der Waals surface area contributed by atoms with E-state index >= 15 is 0 Å². The molecule has 80 valence electrons. The van der Waals surface area contributed by atoms with Gasteiger partial charge < -0.3 is 9.64 Å². The molecule has 0 aliphatic carbocycles. The fourth-order valence-corrected chi connectivity index (χ4v) is 1.00. The topological polar surface area (TPSA) is 53.3 Å². The summed E-state index contributed by atoms with van der Waals surface area (Å²) >= 11 is 0. The van der Waals surface area contributed by atoms with E-state index in [9.17, 15) is 4.79 Å². The summed E-state index contributed by atoms with van der Waals surface area (Å²) in [6.07, 6.45) is 1.65. The Morgan fingerprint density at radius 1 is 1.57 bits per heavy atom. The number of hydrogen-bond acceptors (Lipinski definition) is 3. The second-order valence-corrected chi connectivity index (χ2v) is 3.02. The quantitative estimate of drug-likeness (QED) is 0.577. The van der Waals surface area contributed by atoms with Crippen LogP contribution in [0.1, 0.15) is 26.2 Å². The standard InChI is InChI=1S/C10H18N2O2/c1-3-14-9-4-6-10(13)12(2)8-5-7-11/h3-6,8-9H2,1-2H3. The maximum absolute atomic E-state index is 11.4. The molecule has 0 aromatic rings. The molecule has 0 aromatic carbocycles. The number of ether oxygens (including phenoxy) is 1. The third-order valence-corrected chi connectivity index (χ3v) is 1.87. The summed E-state index contributed by atoms with van der Waals surface area (Å²) in [4.78, 5) is 13.0. The van der Waals surface area contributed by atoms with Crippen molar-refractivity contribution in [2.75, 3.05) is 26.8 Å². The van der Waals surface area contributed by atoms with E-state index in [4.69, 9.17) is 10.00 Å². The minimum Gasteiger partial charge on any atom is -0.382 e. The van der Waals surface area contributed by atoms with Crippen molar-refractivity contribution in [1.29, 1.82) is 5.26 Å². The van der Waals surface area contributed by atoms with E-state index in [1.165, 1.54) is 0 Å². The molecule has 0 N–H and O–H groups in total. The molecule has 0 aromatic heterocycles. The van der Waals surface area contributed by atoms with Gasteiger partial charge in [-0.15, -0.1) is 0 Å². The number of rotatable bonds is 7. The first-order valence-corrected chi connectivity index (χ1v) is 4.91. The Bertz CT molecular complexity index is 199. The van der Waals surface area contributed by atoms with Crippen molar-refractivity contribution in [2.45, 2.75) is 26.2 Å². The first-order valence-electron chi connectivity index (χ1n) is 4.91. The molecule has 0 bridgehead atoms. The molecule has 0 aliphatic rings. The van der Waals surface area contributed by atoms with Crippen molar-refractivity contribution < 1.29 is 9.53 Å². The molecule has 0 unspecified atom stereocenters. The maximum atomic E-state index is 11.4. The van der Waals surface area contributed by atoms with Crippen molar-refractivity contribution in [2.24, 2.45) is 0 Å². The fraction of sp³-hybridized carbons (Fsp3) is 0.800. The highest BCUT2D eigenvalue weighted by Gasteiger charge is 2.06. The molecule has 14 heavy (non-hydrogen) atoms. The summed E-state index contributed by atoms with van der Waals surface area (Å²) in [5.41, 5.74) is 0. The molecule has 0 atom stereocenters. The van der Waals surface area contributed by atoms with Gasteiger partial charge >= 0.3 is 0 Å². The second kappa shape index (κ2) is 8.52. The van der Waals surface area contributed by atoms with E-state index in [0.717, 1.165) is 6.42 Å². The van der Waals surface area contributed by atoms with Crippen LogP contribution >= 0.6 is 0 Å². The van der Waals surface area contributed by atoms with Crippen LogP contribution in [0.15, 0.2) is 0 Å². The van der Waals surface area contributed by atoms with Gasteiger partial charge in [-0.3, -0.25) is 4.79 Å². The van der Waals surface area contributed by atoms with Gasteiger partial charge in [-0.1, -0.05) is 0 Å². The van der Waals surface area contributed by atoms with Crippen LogP contribution in [-0.4, -0.2) is 37.6 Å². The van der Waals surface area contributed by atoms with Crippen LogP contribution < -0.4 is 0 Å². The van der Waals surface area contributed by atoms with Crippen LogP contribution in [0.4, 0.5) is 0 Å². The van der Waals surface area contributed by atoms with Gasteiger partial charge in [-0.05, 0) is 13.3 Å². The Labute approximate surface area is 85.5 Å². The molecule has 0 saturated carbocycles.